The smallest absolute Gasteiger partial charge is 0.330 e. The number of hydrogen-bond acceptors (Lipinski definition) is 11. The Labute approximate surface area is 161 Å². The third kappa shape index (κ3) is 3.98. The van der Waals surface area contributed by atoms with E-state index in [2.05, 4.69) is 0 Å². The average molecular weight is 424 g/mol. The molecule has 3 rings (SSSR count). The monoisotopic (exact) mass is 424 g/mol. The maximum Gasteiger partial charge on any atom is 0.330 e. The zero-order valence-electron chi connectivity index (χ0n) is 14.7. The molecule has 7 N–H and O–H groups in total. The van der Waals surface area contributed by atoms with Crippen LogP contribution in [0.4, 0.5) is 4.39 Å². The van der Waals surface area contributed by atoms with Crippen LogP contribution < -0.4 is 11.2 Å². The van der Waals surface area contributed by atoms with Crippen LogP contribution in [0, 0.1) is 5.82 Å². The number of aliphatic hydroxyl groups excluding tert-OH is 6. The predicted molar refractivity (Wildman–Crippen MR) is 86.9 cm³/mol. The number of hydrogen-bond donors (Lipinski definition) is 7. The molecule has 2 saturated heterocycles. The van der Waals surface area contributed by atoms with E-state index in [1.807, 2.05) is 0 Å². The fraction of sp³-hybridized carbons (Fsp3) is 0.733. The van der Waals surface area contributed by atoms with Gasteiger partial charge in [0.25, 0.3) is 5.56 Å². The number of nitrogens with one attached hydrogen (secondary N) is 1. The van der Waals surface area contributed by atoms with E-state index in [1.54, 1.807) is 4.98 Å². The van der Waals surface area contributed by atoms with Crippen molar-refractivity contribution in [3.05, 3.63) is 32.9 Å². The molecule has 14 heteroatoms. The van der Waals surface area contributed by atoms with Gasteiger partial charge in [0.2, 0.25) is 5.82 Å². The summed E-state index contributed by atoms with van der Waals surface area (Å²) in [5.41, 5.74) is -2.38. The van der Waals surface area contributed by atoms with Gasteiger partial charge < -0.3 is 44.8 Å². The fourth-order valence-electron chi connectivity index (χ4n) is 3.22. The first-order valence-electron chi connectivity index (χ1n) is 8.61. The first kappa shape index (κ1) is 21.9. The molecule has 2 aliphatic rings. The highest BCUT2D eigenvalue weighted by Crippen LogP contribution is 2.34. The first-order valence-corrected chi connectivity index (χ1v) is 8.61. The fourth-order valence-corrected chi connectivity index (χ4v) is 3.22. The van der Waals surface area contributed by atoms with E-state index in [4.69, 9.17) is 14.2 Å². The summed E-state index contributed by atoms with van der Waals surface area (Å²) in [6.45, 7) is -1.45. The summed E-state index contributed by atoms with van der Waals surface area (Å²) in [4.78, 5) is 25.0. The lowest BCUT2D eigenvalue weighted by Crippen LogP contribution is -2.60. The Morgan fingerprint density at radius 1 is 1.00 bits per heavy atom. The van der Waals surface area contributed by atoms with Crippen molar-refractivity contribution in [2.45, 2.75) is 55.2 Å². The molecule has 2 fully saturated rings. The highest BCUT2D eigenvalue weighted by molar-refractivity contribution is 4.97. The van der Waals surface area contributed by atoms with Gasteiger partial charge >= 0.3 is 5.69 Å². The van der Waals surface area contributed by atoms with E-state index >= 15 is 0 Å². The molecule has 0 aliphatic carbocycles. The molecule has 0 unspecified atom stereocenters. The molecule has 0 spiro atoms. The predicted octanol–water partition coefficient (Wildman–Crippen LogP) is -4.89. The van der Waals surface area contributed by atoms with Crippen LogP contribution in [-0.4, -0.2) is 102 Å². The minimum Gasteiger partial charge on any atom is -0.394 e. The van der Waals surface area contributed by atoms with Crippen molar-refractivity contribution in [3.8, 4) is 0 Å². The van der Waals surface area contributed by atoms with Crippen LogP contribution in [0.25, 0.3) is 0 Å². The van der Waals surface area contributed by atoms with Crippen molar-refractivity contribution in [1.82, 2.24) is 9.55 Å². The van der Waals surface area contributed by atoms with Crippen LogP contribution >= 0.6 is 0 Å². The van der Waals surface area contributed by atoms with Gasteiger partial charge in [-0.3, -0.25) is 14.3 Å². The van der Waals surface area contributed by atoms with Gasteiger partial charge in [0.15, 0.2) is 12.5 Å². The SMILES string of the molecule is O=c1[nH]c(=O)n([C@@H]2O[C@H](CO)[C@@H](O)[C@H]2O[C@@H]2O[C@H](CO)[C@H](O)[C@H](O)[C@H]2O)cc1F. The molecule has 3 heterocycles. The molecular weight excluding hydrogens is 403 g/mol. The van der Waals surface area contributed by atoms with Gasteiger partial charge in [-0.05, 0) is 0 Å². The molecule has 29 heavy (non-hydrogen) atoms. The maximum absolute atomic E-state index is 13.7. The maximum atomic E-state index is 13.7. The van der Waals surface area contributed by atoms with E-state index in [0.29, 0.717) is 10.8 Å². The third-order valence-corrected chi connectivity index (χ3v) is 4.83. The molecule has 13 nitrogen and oxygen atoms in total. The number of aromatic amines is 1. The van der Waals surface area contributed by atoms with E-state index in [-0.39, 0.29) is 0 Å². The summed E-state index contributed by atoms with van der Waals surface area (Å²) < 4.78 is 30.2. The van der Waals surface area contributed by atoms with Crippen LogP contribution in [0.5, 0.6) is 0 Å². The highest BCUT2D eigenvalue weighted by Gasteiger charge is 2.51. The molecule has 164 valence electrons. The van der Waals surface area contributed by atoms with Crippen molar-refractivity contribution in [3.63, 3.8) is 0 Å². The number of halogens is 1. The lowest BCUT2D eigenvalue weighted by molar-refractivity contribution is -0.320. The third-order valence-electron chi connectivity index (χ3n) is 4.83. The van der Waals surface area contributed by atoms with Crippen molar-refractivity contribution in [1.29, 1.82) is 0 Å². The molecule has 0 bridgehead atoms. The van der Waals surface area contributed by atoms with Gasteiger partial charge in [0.1, 0.15) is 42.7 Å². The van der Waals surface area contributed by atoms with Gasteiger partial charge in [-0.15, -0.1) is 0 Å². The van der Waals surface area contributed by atoms with Gasteiger partial charge in [-0.25, -0.2) is 4.79 Å². The Bertz CT molecular complexity index is 829. The van der Waals surface area contributed by atoms with Gasteiger partial charge in [0, 0.05) is 0 Å². The van der Waals surface area contributed by atoms with E-state index in [0.717, 1.165) is 0 Å². The average Bonchev–Trinajstić information content (AvgIpc) is 3.00. The second kappa shape index (κ2) is 8.55. The van der Waals surface area contributed by atoms with Crippen molar-refractivity contribution in [2.24, 2.45) is 0 Å². The number of ether oxygens (including phenoxy) is 3. The van der Waals surface area contributed by atoms with Crippen molar-refractivity contribution < 1.29 is 49.2 Å². The quantitative estimate of drug-likeness (QED) is 0.239. The van der Waals surface area contributed by atoms with Crippen LogP contribution in [0.3, 0.4) is 0 Å². The minimum absolute atomic E-state index is 0.516. The number of H-pyrrole nitrogens is 1. The van der Waals surface area contributed by atoms with Gasteiger partial charge in [-0.1, -0.05) is 0 Å². The normalized spacial score (nSPS) is 40.3. The molecule has 0 radical (unpaired) electrons. The van der Waals surface area contributed by atoms with Crippen LogP contribution in [0.2, 0.25) is 0 Å². The Morgan fingerprint density at radius 2 is 1.62 bits per heavy atom. The summed E-state index contributed by atoms with van der Waals surface area (Å²) in [6.07, 6.45) is -13.7. The van der Waals surface area contributed by atoms with E-state index in [1.165, 1.54) is 0 Å². The number of nitrogens with zero attached hydrogens (tertiary/aromatic N) is 1. The molecule has 0 saturated carbocycles. The lowest BCUT2D eigenvalue weighted by Gasteiger charge is -2.41. The van der Waals surface area contributed by atoms with Crippen molar-refractivity contribution >= 4 is 0 Å². The van der Waals surface area contributed by atoms with Crippen molar-refractivity contribution in [2.75, 3.05) is 13.2 Å². The zero-order valence-corrected chi connectivity index (χ0v) is 14.7. The Morgan fingerprint density at radius 3 is 2.24 bits per heavy atom. The second-order valence-corrected chi connectivity index (χ2v) is 6.68. The first-order chi connectivity index (χ1) is 13.7. The molecule has 0 aromatic carbocycles. The molecule has 0 amide bonds. The van der Waals surface area contributed by atoms with Crippen LogP contribution in [-0.2, 0) is 14.2 Å². The topological polar surface area (TPSA) is 204 Å². The Hall–Kier alpha value is -1.75. The molecule has 2 aliphatic heterocycles. The summed E-state index contributed by atoms with van der Waals surface area (Å²) in [5.74, 6) is -1.33. The van der Waals surface area contributed by atoms with Gasteiger partial charge in [0.05, 0.1) is 19.4 Å². The molecule has 1 aromatic rings. The Kier molecular flexibility index (Phi) is 6.47. The lowest BCUT2D eigenvalue weighted by atomic mass is 9.99. The number of aliphatic hydroxyl groups is 6. The highest BCUT2D eigenvalue weighted by atomic mass is 19.1. The minimum atomic E-state index is -1.82. The summed E-state index contributed by atoms with van der Waals surface area (Å²) in [7, 11) is 0. The molecule has 9 atom stereocenters. The summed E-state index contributed by atoms with van der Waals surface area (Å²) in [6, 6.07) is 0. The number of rotatable bonds is 5. The summed E-state index contributed by atoms with van der Waals surface area (Å²) >= 11 is 0. The summed E-state index contributed by atoms with van der Waals surface area (Å²) in [5, 5.41) is 58.7. The zero-order chi connectivity index (χ0) is 21.5. The van der Waals surface area contributed by atoms with E-state index < -0.39 is 85.5 Å². The molecular formula is C15H21FN2O11. The standard InChI is InChI=1S/C15H21FN2O11/c16-4-1-18(15(26)17-12(4)25)13-11(8(22)6(3-20)27-13)29-14-10(24)9(23)7(21)5(2-19)28-14/h1,5-11,13-14,19-24H,2-3H2,(H,17,25,26)/t5-,6-,7+,8-,9+,10-,11-,13-,14+/m1/s1. The van der Waals surface area contributed by atoms with E-state index in [9.17, 15) is 44.6 Å². The largest absolute Gasteiger partial charge is 0.394 e. The second-order valence-electron chi connectivity index (χ2n) is 6.68. The van der Waals surface area contributed by atoms with Crippen LogP contribution in [0.15, 0.2) is 15.8 Å². The van der Waals surface area contributed by atoms with Gasteiger partial charge in [-0.2, -0.15) is 4.39 Å². The number of aromatic nitrogens is 2. The van der Waals surface area contributed by atoms with Crippen LogP contribution in [0.1, 0.15) is 6.23 Å². The Balaban J connectivity index is 1.91. The molecule has 1 aromatic heterocycles.